The summed E-state index contributed by atoms with van der Waals surface area (Å²) in [6.07, 6.45) is 1.79. The maximum absolute atomic E-state index is 11.0. The van der Waals surface area contributed by atoms with Crippen molar-refractivity contribution in [3.05, 3.63) is 28.0 Å². The molecule has 13 heavy (non-hydrogen) atoms. The molecular formula is C9H6O3S. The van der Waals surface area contributed by atoms with Crippen LogP contribution in [-0.2, 0) is 14.3 Å². The van der Waals surface area contributed by atoms with Crippen LogP contribution < -0.4 is 0 Å². The average molecular weight is 194 g/mol. The van der Waals surface area contributed by atoms with Crippen LogP contribution in [0.15, 0.2) is 23.1 Å². The largest absolute Gasteiger partial charge is 0.389 e. The van der Waals surface area contributed by atoms with Gasteiger partial charge in [0.15, 0.2) is 0 Å². The molecule has 1 aromatic rings. The highest BCUT2D eigenvalue weighted by molar-refractivity contribution is 7.10. The maximum atomic E-state index is 11.0. The smallest absolute Gasteiger partial charge is 0.342 e. The summed E-state index contributed by atoms with van der Waals surface area (Å²) < 4.78 is 4.38. The van der Waals surface area contributed by atoms with E-state index in [1.54, 1.807) is 6.08 Å². The minimum atomic E-state index is -0.515. The summed E-state index contributed by atoms with van der Waals surface area (Å²) in [5.74, 6) is -0.980. The molecule has 1 saturated heterocycles. The fraction of sp³-hybridized carbons (Fsp3) is 0.111. The van der Waals surface area contributed by atoms with Gasteiger partial charge in [-0.1, -0.05) is 6.07 Å². The quantitative estimate of drug-likeness (QED) is 0.387. The molecule has 1 fully saturated rings. The van der Waals surface area contributed by atoms with Gasteiger partial charge in [-0.15, -0.1) is 11.3 Å². The molecule has 0 aliphatic carbocycles. The lowest BCUT2D eigenvalue weighted by molar-refractivity contribution is -0.151. The Kier molecular flexibility index (Phi) is 1.98. The molecule has 1 aromatic heterocycles. The third kappa shape index (κ3) is 1.67. The average Bonchev–Trinajstić information content (AvgIpc) is 2.63. The molecular weight excluding hydrogens is 188 g/mol. The van der Waals surface area contributed by atoms with E-state index in [4.69, 9.17) is 0 Å². The van der Waals surface area contributed by atoms with Gasteiger partial charge in [0.25, 0.3) is 0 Å². The van der Waals surface area contributed by atoms with Crippen molar-refractivity contribution in [1.29, 1.82) is 0 Å². The molecule has 1 aliphatic rings. The second kappa shape index (κ2) is 3.14. The van der Waals surface area contributed by atoms with E-state index in [-0.39, 0.29) is 6.42 Å². The molecule has 1 aliphatic heterocycles. The third-order valence-corrected chi connectivity index (χ3v) is 2.48. The van der Waals surface area contributed by atoms with Crippen molar-refractivity contribution in [2.24, 2.45) is 0 Å². The Bertz CT molecular complexity index is 376. The summed E-state index contributed by atoms with van der Waals surface area (Å²) in [7, 11) is 0. The van der Waals surface area contributed by atoms with Gasteiger partial charge in [-0.25, -0.2) is 4.79 Å². The first-order valence-corrected chi connectivity index (χ1v) is 4.63. The Hall–Kier alpha value is -1.42. The highest BCUT2D eigenvalue weighted by Gasteiger charge is 2.26. The van der Waals surface area contributed by atoms with Crippen LogP contribution in [0.1, 0.15) is 11.3 Å². The maximum Gasteiger partial charge on any atom is 0.342 e. The van der Waals surface area contributed by atoms with Gasteiger partial charge < -0.3 is 4.74 Å². The number of rotatable bonds is 1. The Morgan fingerprint density at radius 1 is 1.46 bits per heavy atom. The van der Waals surface area contributed by atoms with Crippen molar-refractivity contribution < 1.29 is 14.3 Å². The Morgan fingerprint density at radius 3 is 2.85 bits per heavy atom. The predicted molar refractivity (Wildman–Crippen MR) is 48.0 cm³/mol. The molecule has 3 nitrogen and oxygen atoms in total. The molecule has 0 bridgehead atoms. The number of hydrogen-bond acceptors (Lipinski definition) is 4. The molecule has 66 valence electrons. The van der Waals surface area contributed by atoms with Gasteiger partial charge in [-0.2, -0.15) is 0 Å². The zero-order chi connectivity index (χ0) is 9.26. The van der Waals surface area contributed by atoms with Crippen molar-refractivity contribution >= 4 is 29.4 Å². The standard InChI is InChI=1S/C9H6O3S/c10-8-5-6(9(11)12-8)4-7-2-1-3-13-7/h1-4H,5H2/b6-4+. The van der Waals surface area contributed by atoms with Crippen LogP contribution in [0.5, 0.6) is 0 Å². The fourth-order valence-electron chi connectivity index (χ4n) is 1.09. The van der Waals surface area contributed by atoms with Gasteiger partial charge in [0.05, 0.1) is 12.0 Å². The number of hydrogen-bond donors (Lipinski definition) is 0. The predicted octanol–water partition coefficient (Wildman–Crippen LogP) is 1.60. The van der Waals surface area contributed by atoms with Crippen LogP contribution >= 0.6 is 11.3 Å². The number of esters is 2. The van der Waals surface area contributed by atoms with Crippen LogP contribution in [0.25, 0.3) is 6.08 Å². The molecule has 0 radical (unpaired) electrons. The summed E-state index contributed by atoms with van der Waals surface area (Å²) in [5.41, 5.74) is 0.437. The molecule has 0 amide bonds. The number of carbonyl (C=O) groups excluding carboxylic acids is 2. The molecule has 0 spiro atoms. The SMILES string of the molecule is O=C1C/C(=C\c2cccs2)C(=O)O1. The van der Waals surface area contributed by atoms with Gasteiger partial charge in [0, 0.05) is 4.88 Å². The third-order valence-electron chi connectivity index (χ3n) is 1.66. The summed E-state index contributed by atoms with van der Waals surface area (Å²) in [4.78, 5) is 22.7. The van der Waals surface area contributed by atoms with E-state index in [0.717, 1.165) is 4.88 Å². The molecule has 4 heteroatoms. The van der Waals surface area contributed by atoms with Crippen LogP contribution in [0.4, 0.5) is 0 Å². The normalized spacial score (nSPS) is 19.5. The molecule has 0 unspecified atom stereocenters. The van der Waals surface area contributed by atoms with Crippen molar-refractivity contribution in [2.45, 2.75) is 6.42 Å². The second-order valence-electron chi connectivity index (χ2n) is 2.62. The fourth-order valence-corrected chi connectivity index (χ4v) is 1.77. The second-order valence-corrected chi connectivity index (χ2v) is 3.60. The number of thiophene rings is 1. The summed E-state index contributed by atoms with van der Waals surface area (Å²) in [5, 5.41) is 1.91. The number of carbonyl (C=O) groups is 2. The Morgan fingerprint density at radius 2 is 2.31 bits per heavy atom. The number of cyclic esters (lactones) is 2. The van der Waals surface area contributed by atoms with Gasteiger partial charge in [0.2, 0.25) is 0 Å². The Labute approximate surface area is 78.6 Å². The van der Waals surface area contributed by atoms with Crippen molar-refractivity contribution in [1.82, 2.24) is 0 Å². The molecule has 2 rings (SSSR count). The van der Waals surface area contributed by atoms with Gasteiger partial charge >= 0.3 is 11.9 Å². The molecule has 0 atom stereocenters. The lowest BCUT2D eigenvalue weighted by Crippen LogP contribution is -1.96. The first-order chi connectivity index (χ1) is 6.25. The summed E-state index contributed by atoms with van der Waals surface area (Å²) in [6.45, 7) is 0. The lowest BCUT2D eigenvalue weighted by Gasteiger charge is -1.87. The molecule has 0 N–H and O–H groups in total. The van der Waals surface area contributed by atoms with E-state index in [1.165, 1.54) is 11.3 Å². The van der Waals surface area contributed by atoms with Crippen LogP contribution in [-0.4, -0.2) is 11.9 Å². The van der Waals surface area contributed by atoms with E-state index in [1.807, 2.05) is 17.5 Å². The van der Waals surface area contributed by atoms with Gasteiger partial charge in [-0.3, -0.25) is 4.79 Å². The van der Waals surface area contributed by atoms with Crippen molar-refractivity contribution in [2.75, 3.05) is 0 Å². The first-order valence-electron chi connectivity index (χ1n) is 3.75. The van der Waals surface area contributed by atoms with E-state index < -0.39 is 11.9 Å². The van der Waals surface area contributed by atoms with Gasteiger partial charge in [0.1, 0.15) is 0 Å². The van der Waals surface area contributed by atoms with Crippen molar-refractivity contribution in [3.8, 4) is 0 Å². The number of ether oxygens (including phenoxy) is 1. The van der Waals surface area contributed by atoms with Crippen LogP contribution in [0.3, 0.4) is 0 Å². The summed E-state index contributed by atoms with van der Waals surface area (Å²) in [6, 6.07) is 3.77. The highest BCUT2D eigenvalue weighted by atomic mass is 32.1. The molecule has 0 aromatic carbocycles. The zero-order valence-electron chi connectivity index (χ0n) is 6.65. The monoisotopic (exact) mass is 194 g/mol. The minimum Gasteiger partial charge on any atom is -0.389 e. The topological polar surface area (TPSA) is 43.4 Å². The van der Waals surface area contributed by atoms with E-state index >= 15 is 0 Å². The van der Waals surface area contributed by atoms with Crippen LogP contribution in [0.2, 0.25) is 0 Å². The Balaban J connectivity index is 2.27. The van der Waals surface area contributed by atoms with E-state index in [9.17, 15) is 9.59 Å². The zero-order valence-corrected chi connectivity index (χ0v) is 7.47. The molecule has 0 saturated carbocycles. The summed E-state index contributed by atoms with van der Waals surface area (Å²) >= 11 is 1.52. The van der Waals surface area contributed by atoms with Crippen LogP contribution in [0, 0.1) is 0 Å². The lowest BCUT2D eigenvalue weighted by atomic mass is 10.2. The first kappa shape index (κ1) is 8.19. The highest BCUT2D eigenvalue weighted by Crippen LogP contribution is 2.20. The van der Waals surface area contributed by atoms with Crippen molar-refractivity contribution in [3.63, 3.8) is 0 Å². The minimum absolute atomic E-state index is 0.0940. The van der Waals surface area contributed by atoms with E-state index in [0.29, 0.717) is 5.57 Å². The van der Waals surface area contributed by atoms with E-state index in [2.05, 4.69) is 4.74 Å². The van der Waals surface area contributed by atoms with Gasteiger partial charge in [-0.05, 0) is 17.5 Å². The molecule has 2 heterocycles.